The Kier molecular flexibility index (Phi) is 4.11. The molecule has 1 aliphatic heterocycles. The molecule has 2 rings (SSSR count). The smallest absolute Gasteiger partial charge is 0.325 e. The number of fused-ring (bicyclic) bond motifs is 1. The van der Waals surface area contributed by atoms with Gasteiger partial charge < -0.3 is 15.4 Å². The van der Waals surface area contributed by atoms with Gasteiger partial charge in [-0.05, 0) is 0 Å². The molecule has 8 heteroatoms. The fourth-order valence-corrected chi connectivity index (χ4v) is 2.52. The summed E-state index contributed by atoms with van der Waals surface area (Å²) in [5.74, 6) is -0.493. The number of methoxy groups -OCH3 is 1. The van der Waals surface area contributed by atoms with E-state index in [4.69, 9.17) is 0 Å². The van der Waals surface area contributed by atoms with Gasteiger partial charge in [-0.15, -0.1) is 11.3 Å². The number of thiazole rings is 1. The zero-order valence-electron chi connectivity index (χ0n) is 9.91. The number of esters is 1. The number of hydrogen-bond donors (Lipinski definition) is 3. The predicted octanol–water partition coefficient (Wildman–Crippen LogP) is 0.0833. The van der Waals surface area contributed by atoms with Crippen LogP contribution in [0.3, 0.4) is 0 Å². The standard InChI is InChI=1S/C10H14N4O3S/c1-17-8(15)5-12-9(16)14-10-13-6-2-3-11-4-7(6)18-10/h11H,2-5H2,1H3,(H2,12,13,14,16). The van der Waals surface area contributed by atoms with E-state index in [1.165, 1.54) is 18.4 Å². The SMILES string of the molecule is COC(=O)CNC(=O)Nc1nc2c(s1)CNCC2. The molecule has 0 radical (unpaired) electrons. The van der Waals surface area contributed by atoms with Crippen molar-refractivity contribution in [2.24, 2.45) is 0 Å². The number of anilines is 1. The first-order chi connectivity index (χ1) is 8.69. The number of ether oxygens (including phenoxy) is 1. The summed E-state index contributed by atoms with van der Waals surface area (Å²) in [5.41, 5.74) is 1.03. The lowest BCUT2D eigenvalue weighted by Gasteiger charge is -2.09. The van der Waals surface area contributed by atoms with Crippen LogP contribution in [-0.4, -0.2) is 37.2 Å². The molecule has 1 aromatic rings. The highest BCUT2D eigenvalue weighted by Crippen LogP contribution is 2.25. The molecule has 2 heterocycles. The Hall–Kier alpha value is -1.67. The highest BCUT2D eigenvalue weighted by molar-refractivity contribution is 7.15. The van der Waals surface area contributed by atoms with E-state index < -0.39 is 12.0 Å². The minimum absolute atomic E-state index is 0.158. The van der Waals surface area contributed by atoms with Crippen molar-refractivity contribution in [2.75, 3.05) is 25.5 Å². The van der Waals surface area contributed by atoms with E-state index >= 15 is 0 Å². The fraction of sp³-hybridized carbons (Fsp3) is 0.500. The number of urea groups is 1. The molecule has 1 aliphatic rings. The van der Waals surface area contributed by atoms with Crippen molar-refractivity contribution in [3.8, 4) is 0 Å². The Balaban J connectivity index is 1.87. The van der Waals surface area contributed by atoms with Gasteiger partial charge in [-0.2, -0.15) is 0 Å². The van der Waals surface area contributed by atoms with Gasteiger partial charge in [-0.25, -0.2) is 9.78 Å². The Bertz CT molecular complexity index is 436. The highest BCUT2D eigenvalue weighted by atomic mass is 32.1. The molecular formula is C10H14N4O3S. The average molecular weight is 270 g/mol. The van der Waals surface area contributed by atoms with E-state index in [1.807, 2.05) is 0 Å². The van der Waals surface area contributed by atoms with Crippen LogP contribution < -0.4 is 16.0 Å². The molecule has 18 heavy (non-hydrogen) atoms. The second kappa shape index (κ2) is 5.78. The summed E-state index contributed by atoms with van der Waals surface area (Å²) in [6.07, 6.45) is 0.872. The fourth-order valence-electron chi connectivity index (χ4n) is 1.54. The number of hydrogen-bond acceptors (Lipinski definition) is 6. The van der Waals surface area contributed by atoms with Gasteiger partial charge in [-0.3, -0.25) is 10.1 Å². The summed E-state index contributed by atoms with van der Waals surface area (Å²) >= 11 is 1.44. The van der Waals surface area contributed by atoms with E-state index in [9.17, 15) is 9.59 Å². The maximum atomic E-state index is 11.5. The van der Waals surface area contributed by atoms with E-state index in [0.29, 0.717) is 5.13 Å². The third-order valence-electron chi connectivity index (χ3n) is 2.44. The molecule has 0 aromatic carbocycles. The molecule has 0 bridgehead atoms. The topological polar surface area (TPSA) is 92.3 Å². The van der Waals surface area contributed by atoms with Crippen LogP contribution in [-0.2, 0) is 22.5 Å². The monoisotopic (exact) mass is 270 g/mol. The molecule has 3 N–H and O–H groups in total. The predicted molar refractivity (Wildman–Crippen MR) is 66.6 cm³/mol. The number of rotatable bonds is 3. The minimum atomic E-state index is -0.493. The van der Waals surface area contributed by atoms with E-state index in [2.05, 4.69) is 25.7 Å². The zero-order chi connectivity index (χ0) is 13.0. The van der Waals surface area contributed by atoms with Crippen LogP contribution in [0.2, 0.25) is 0 Å². The van der Waals surface area contributed by atoms with Crippen molar-refractivity contribution >= 4 is 28.5 Å². The van der Waals surface area contributed by atoms with Crippen molar-refractivity contribution in [1.29, 1.82) is 0 Å². The molecule has 0 spiro atoms. The highest BCUT2D eigenvalue weighted by Gasteiger charge is 2.16. The molecule has 0 atom stereocenters. The molecule has 0 fully saturated rings. The molecule has 0 unspecified atom stereocenters. The lowest BCUT2D eigenvalue weighted by atomic mass is 10.2. The molecule has 1 aromatic heterocycles. The Morgan fingerprint density at radius 1 is 1.56 bits per heavy atom. The van der Waals surface area contributed by atoms with Crippen molar-refractivity contribution in [1.82, 2.24) is 15.6 Å². The van der Waals surface area contributed by atoms with Crippen LogP contribution >= 0.6 is 11.3 Å². The summed E-state index contributed by atoms with van der Waals surface area (Å²) in [6.45, 7) is 1.54. The number of nitrogens with one attached hydrogen (secondary N) is 3. The van der Waals surface area contributed by atoms with Gasteiger partial charge in [0, 0.05) is 24.4 Å². The number of aromatic nitrogens is 1. The van der Waals surface area contributed by atoms with Crippen molar-refractivity contribution in [2.45, 2.75) is 13.0 Å². The van der Waals surface area contributed by atoms with Crippen molar-refractivity contribution < 1.29 is 14.3 Å². The van der Waals surface area contributed by atoms with Gasteiger partial charge in [0.1, 0.15) is 6.54 Å². The Labute approximate surface area is 108 Å². The van der Waals surface area contributed by atoms with Crippen LogP contribution in [0, 0.1) is 0 Å². The molecule has 7 nitrogen and oxygen atoms in total. The second-order valence-corrected chi connectivity index (χ2v) is 4.78. The van der Waals surface area contributed by atoms with Crippen LogP contribution in [0.5, 0.6) is 0 Å². The first-order valence-electron chi connectivity index (χ1n) is 5.50. The van der Waals surface area contributed by atoms with Gasteiger partial charge in [0.05, 0.1) is 12.8 Å². The number of nitrogens with zero attached hydrogens (tertiary/aromatic N) is 1. The maximum Gasteiger partial charge on any atom is 0.325 e. The average Bonchev–Trinajstić information content (AvgIpc) is 2.77. The summed E-state index contributed by atoms with van der Waals surface area (Å²) < 4.78 is 4.41. The van der Waals surface area contributed by atoms with Gasteiger partial charge in [-0.1, -0.05) is 0 Å². The van der Waals surface area contributed by atoms with Gasteiger partial charge >= 0.3 is 12.0 Å². The lowest BCUT2D eigenvalue weighted by Crippen LogP contribution is -2.33. The normalized spacial score (nSPS) is 13.6. The van der Waals surface area contributed by atoms with E-state index in [0.717, 1.165) is 30.1 Å². The lowest BCUT2D eigenvalue weighted by molar-refractivity contribution is -0.139. The summed E-state index contributed by atoms with van der Waals surface area (Å²) in [7, 11) is 1.27. The first kappa shape index (κ1) is 12.8. The first-order valence-corrected chi connectivity index (χ1v) is 6.31. The molecule has 0 saturated heterocycles. The van der Waals surface area contributed by atoms with Gasteiger partial charge in [0.2, 0.25) is 0 Å². The molecule has 0 saturated carbocycles. The second-order valence-electron chi connectivity index (χ2n) is 3.70. The van der Waals surface area contributed by atoms with Crippen LogP contribution in [0.15, 0.2) is 0 Å². The maximum absolute atomic E-state index is 11.5. The largest absolute Gasteiger partial charge is 0.468 e. The van der Waals surface area contributed by atoms with Gasteiger partial charge in [0.15, 0.2) is 5.13 Å². The van der Waals surface area contributed by atoms with E-state index in [-0.39, 0.29) is 6.54 Å². The number of carbonyl (C=O) groups is 2. The van der Waals surface area contributed by atoms with Crippen molar-refractivity contribution in [3.63, 3.8) is 0 Å². The third-order valence-corrected chi connectivity index (χ3v) is 3.46. The number of carbonyl (C=O) groups excluding carboxylic acids is 2. The molecule has 2 amide bonds. The van der Waals surface area contributed by atoms with Crippen LogP contribution in [0.25, 0.3) is 0 Å². The molecular weight excluding hydrogens is 256 g/mol. The number of amides is 2. The van der Waals surface area contributed by atoms with E-state index in [1.54, 1.807) is 0 Å². The van der Waals surface area contributed by atoms with Crippen LogP contribution in [0.4, 0.5) is 9.93 Å². The van der Waals surface area contributed by atoms with Gasteiger partial charge in [0.25, 0.3) is 0 Å². The summed E-state index contributed by atoms with van der Waals surface area (Å²) in [5, 5.41) is 8.77. The third kappa shape index (κ3) is 3.17. The minimum Gasteiger partial charge on any atom is -0.468 e. The van der Waals surface area contributed by atoms with Crippen molar-refractivity contribution in [3.05, 3.63) is 10.6 Å². The molecule has 98 valence electrons. The summed E-state index contributed by atoms with van der Waals surface area (Å²) in [4.78, 5) is 27.8. The Morgan fingerprint density at radius 3 is 3.11 bits per heavy atom. The molecule has 0 aliphatic carbocycles. The quantitative estimate of drug-likeness (QED) is 0.677. The zero-order valence-corrected chi connectivity index (χ0v) is 10.7. The summed E-state index contributed by atoms with van der Waals surface area (Å²) in [6, 6.07) is -0.459. The Morgan fingerprint density at radius 2 is 2.39 bits per heavy atom. The van der Waals surface area contributed by atoms with Crippen LogP contribution in [0.1, 0.15) is 10.6 Å².